The number of nitrogens with zero attached hydrogens (tertiary/aromatic N) is 3. The molecule has 0 spiro atoms. The molecule has 0 saturated carbocycles. The van der Waals surface area contributed by atoms with Crippen molar-refractivity contribution in [1.29, 1.82) is 0 Å². The van der Waals surface area contributed by atoms with Gasteiger partial charge in [0, 0.05) is 35.3 Å². The minimum absolute atomic E-state index is 0.0141. The van der Waals surface area contributed by atoms with Crippen molar-refractivity contribution in [3.63, 3.8) is 0 Å². The number of methoxy groups -OCH3 is 2. The number of amides is 1. The summed E-state index contributed by atoms with van der Waals surface area (Å²) in [4.78, 5) is 18.7. The summed E-state index contributed by atoms with van der Waals surface area (Å²) in [6, 6.07) is 12.6. The Morgan fingerprint density at radius 1 is 1.14 bits per heavy atom. The maximum atomic E-state index is 12.6. The maximum absolute atomic E-state index is 12.6. The zero-order valence-corrected chi connectivity index (χ0v) is 16.1. The molecule has 0 bridgehead atoms. The maximum Gasteiger partial charge on any atom is 0.232 e. The van der Waals surface area contributed by atoms with E-state index in [0.29, 0.717) is 41.2 Å². The Morgan fingerprint density at radius 2 is 1.96 bits per heavy atom. The summed E-state index contributed by atoms with van der Waals surface area (Å²) in [5.41, 5.74) is 1.50. The molecular formula is C20H18ClN3O4. The molecule has 1 saturated heterocycles. The Balaban J connectivity index is 1.56. The van der Waals surface area contributed by atoms with E-state index in [1.807, 2.05) is 18.2 Å². The first kappa shape index (κ1) is 18.3. The fourth-order valence-electron chi connectivity index (χ4n) is 3.26. The second-order valence-corrected chi connectivity index (χ2v) is 6.85. The molecule has 1 aliphatic rings. The number of anilines is 1. The predicted octanol–water partition coefficient (Wildman–Crippen LogP) is 3.93. The van der Waals surface area contributed by atoms with Gasteiger partial charge in [0.2, 0.25) is 17.6 Å². The van der Waals surface area contributed by atoms with Crippen molar-refractivity contribution in [2.24, 2.45) is 0 Å². The molecule has 4 rings (SSSR count). The summed E-state index contributed by atoms with van der Waals surface area (Å²) in [5, 5.41) is 4.63. The van der Waals surface area contributed by atoms with E-state index < -0.39 is 0 Å². The number of carbonyl (C=O) groups is 1. The van der Waals surface area contributed by atoms with Gasteiger partial charge in [0.05, 0.1) is 20.1 Å². The van der Waals surface area contributed by atoms with Crippen LogP contribution < -0.4 is 14.4 Å². The number of carbonyl (C=O) groups excluding carboxylic acids is 1. The lowest BCUT2D eigenvalue weighted by atomic mass is 10.1. The molecule has 7 nitrogen and oxygen atoms in total. The number of ether oxygens (including phenoxy) is 2. The van der Waals surface area contributed by atoms with Crippen LogP contribution in [0.15, 0.2) is 47.0 Å². The molecule has 28 heavy (non-hydrogen) atoms. The Bertz CT molecular complexity index is 1020. The Labute approximate surface area is 166 Å². The van der Waals surface area contributed by atoms with E-state index in [2.05, 4.69) is 10.1 Å². The zero-order valence-electron chi connectivity index (χ0n) is 15.4. The summed E-state index contributed by atoms with van der Waals surface area (Å²) in [6.45, 7) is 0.450. The standard InChI is InChI=1S/C20H18ClN3O4/c1-26-16-7-6-15(10-17(16)27-2)24-11-13(9-18(24)25)20-22-19(23-28-20)12-4-3-5-14(21)8-12/h3-8,10,13H,9,11H2,1-2H3/t13-/m1/s1. The lowest BCUT2D eigenvalue weighted by molar-refractivity contribution is -0.117. The highest BCUT2D eigenvalue weighted by Gasteiger charge is 2.35. The van der Waals surface area contributed by atoms with E-state index >= 15 is 0 Å². The van der Waals surface area contributed by atoms with Crippen molar-refractivity contribution in [3.8, 4) is 22.9 Å². The van der Waals surface area contributed by atoms with E-state index in [1.54, 1.807) is 43.4 Å². The number of halogens is 1. The van der Waals surface area contributed by atoms with Crippen LogP contribution in [0.25, 0.3) is 11.4 Å². The third kappa shape index (κ3) is 3.41. The normalized spacial score (nSPS) is 16.5. The van der Waals surface area contributed by atoms with Gasteiger partial charge < -0.3 is 18.9 Å². The molecule has 0 unspecified atom stereocenters. The number of benzene rings is 2. The number of rotatable bonds is 5. The van der Waals surface area contributed by atoms with Crippen molar-refractivity contribution < 1.29 is 18.8 Å². The highest BCUT2D eigenvalue weighted by atomic mass is 35.5. The van der Waals surface area contributed by atoms with Crippen LogP contribution in [0.3, 0.4) is 0 Å². The molecule has 1 amide bonds. The molecule has 144 valence electrons. The highest BCUT2D eigenvalue weighted by molar-refractivity contribution is 6.30. The molecule has 2 aromatic carbocycles. The molecule has 3 aromatic rings. The monoisotopic (exact) mass is 399 g/mol. The molecule has 0 aliphatic carbocycles. The topological polar surface area (TPSA) is 77.7 Å². The van der Waals surface area contributed by atoms with Gasteiger partial charge in [0.15, 0.2) is 11.5 Å². The van der Waals surface area contributed by atoms with Crippen LogP contribution in [0.4, 0.5) is 5.69 Å². The third-order valence-electron chi connectivity index (χ3n) is 4.68. The van der Waals surface area contributed by atoms with Crippen molar-refractivity contribution in [1.82, 2.24) is 10.1 Å². The molecule has 1 aromatic heterocycles. The summed E-state index contributed by atoms with van der Waals surface area (Å²) < 4.78 is 16.0. The van der Waals surface area contributed by atoms with Crippen molar-refractivity contribution in [2.45, 2.75) is 12.3 Å². The minimum atomic E-state index is -0.180. The molecule has 1 fully saturated rings. The van der Waals surface area contributed by atoms with Gasteiger partial charge in [-0.3, -0.25) is 4.79 Å². The first-order valence-corrected chi connectivity index (χ1v) is 9.08. The van der Waals surface area contributed by atoms with E-state index in [1.165, 1.54) is 0 Å². The van der Waals surface area contributed by atoms with Gasteiger partial charge in [-0.25, -0.2) is 0 Å². The predicted molar refractivity (Wildman–Crippen MR) is 104 cm³/mol. The number of hydrogen-bond acceptors (Lipinski definition) is 6. The number of hydrogen-bond donors (Lipinski definition) is 0. The molecule has 1 aliphatic heterocycles. The summed E-state index contributed by atoms with van der Waals surface area (Å²) in [6.07, 6.45) is 0.297. The average Bonchev–Trinajstić information content (AvgIpc) is 3.34. The quantitative estimate of drug-likeness (QED) is 0.647. The third-order valence-corrected chi connectivity index (χ3v) is 4.91. The summed E-state index contributed by atoms with van der Waals surface area (Å²) in [5.74, 6) is 1.87. The van der Waals surface area contributed by atoms with Gasteiger partial charge in [-0.2, -0.15) is 4.98 Å². The van der Waals surface area contributed by atoms with Crippen LogP contribution in [0.5, 0.6) is 11.5 Å². The van der Waals surface area contributed by atoms with E-state index in [4.69, 9.17) is 25.6 Å². The smallest absolute Gasteiger partial charge is 0.232 e. The SMILES string of the molecule is COc1ccc(N2C[C@H](c3nc(-c4cccc(Cl)c4)no3)CC2=O)cc1OC. The van der Waals surface area contributed by atoms with Gasteiger partial charge in [-0.1, -0.05) is 28.9 Å². The largest absolute Gasteiger partial charge is 0.493 e. The number of aromatic nitrogens is 2. The lowest BCUT2D eigenvalue weighted by Gasteiger charge is -2.18. The van der Waals surface area contributed by atoms with Crippen LogP contribution in [0, 0.1) is 0 Å². The fourth-order valence-corrected chi connectivity index (χ4v) is 3.45. The average molecular weight is 400 g/mol. The molecule has 1 atom stereocenters. The van der Waals surface area contributed by atoms with Crippen LogP contribution in [0.1, 0.15) is 18.2 Å². The molecule has 8 heteroatoms. The van der Waals surface area contributed by atoms with E-state index in [-0.39, 0.29) is 11.8 Å². The Kier molecular flexibility index (Phi) is 4.92. The summed E-state index contributed by atoms with van der Waals surface area (Å²) in [7, 11) is 3.13. The first-order chi connectivity index (χ1) is 13.6. The van der Waals surface area contributed by atoms with Gasteiger partial charge in [0.1, 0.15) is 0 Å². The van der Waals surface area contributed by atoms with Gasteiger partial charge in [0.25, 0.3) is 0 Å². The highest BCUT2D eigenvalue weighted by Crippen LogP contribution is 2.36. The van der Waals surface area contributed by atoms with Crippen LogP contribution in [-0.4, -0.2) is 36.8 Å². The van der Waals surface area contributed by atoms with Crippen LogP contribution in [0.2, 0.25) is 5.02 Å². The molecule has 2 heterocycles. The lowest BCUT2D eigenvalue weighted by Crippen LogP contribution is -2.24. The molecular weight excluding hydrogens is 382 g/mol. The Morgan fingerprint density at radius 3 is 2.71 bits per heavy atom. The van der Waals surface area contributed by atoms with E-state index in [0.717, 1.165) is 11.3 Å². The van der Waals surface area contributed by atoms with Gasteiger partial charge >= 0.3 is 0 Å². The Hall–Kier alpha value is -3.06. The van der Waals surface area contributed by atoms with Gasteiger partial charge in [-0.15, -0.1) is 0 Å². The fraction of sp³-hybridized carbons (Fsp3) is 0.250. The second kappa shape index (κ2) is 7.52. The van der Waals surface area contributed by atoms with Crippen molar-refractivity contribution in [2.75, 3.05) is 25.7 Å². The second-order valence-electron chi connectivity index (χ2n) is 6.41. The van der Waals surface area contributed by atoms with Crippen LogP contribution in [-0.2, 0) is 4.79 Å². The van der Waals surface area contributed by atoms with Crippen molar-refractivity contribution >= 4 is 23.2 Å². The van der Waals surface area contributed by atoms with Crippen molar-refractivity contribution in [3.05, 3.63) is 53.4 Å². The van der Waals surface area contributed by atoms with E-state index in [9.17, 15) is 4.79 Å². The minimum Gasteiger partial charge on any atom is -0.493 e. The zero-order chi connectivity index (χ0) is 19.7. The molecule has 0 radical (unpaired) electrons. The van der Waals surface area contributed by atoms with Gasteiger partial charge in [-0.05, 0) is 24.3 Å². The molecule has 0 N–H and O–H groups in total. The van der Waals surface area contributed by atoms with Crippen LogP contribution >= 0.6 is 11.6 Å². The first-order valence-electron chi connectivity index (χ1n) is 8.71. The summed E-state index contributed by atoms with van der Waals surface area (Å²) >= 11 is 6.02.